The fraction of sp³-hybridized carbons (Fsp3) is 0.407. The van der Waals surface area contributed by atoms with Crippen LogP contribution in [0.4, 0.5) is 15.8 Å². The van der Waals surface area contributed by atoms with Crippen molar-refractivity contribution in [2.75, 3.05) is 43.5 Å². The molecule has 7 nitrogen and oxygen atoms in total. The van der Waals surface area contributed by atoms with Gasteiger partial charge in [-0.05, 0) is 48.7 Å². The van der Waals surface area contributed by atoms with Gasteiger partial charge < -0.3 is 19.4 Å². The van der Waals surface area contributed by atoms with Crippen molar-refractivity contribution < 1.29 is 18.3 Å². The van der Waals surface area contributed by atoms with Crippen LogP contribution in [0.25, 0.3) is 0 Å². The zero-order chi connectivity index (χ0) is 24.8. The molecule has 1 amide bonds. The van der Waals surface area contributed by atoms with Crippen molar-refractivity contribution in [2.45, 2.75) is 32.7 Å². The summed E-state index contributed by atoms with van der Waals surface area (Å²) in [5.41, 5.74) is 2.10. The first-order chi connectivity index (χ1) is 17.0. The summed E-state index contributed by atoms with van der Waals surface area (Å²) in [6, 6.07) is 12.7. The van der Waals surface area contributed by atoms with E-state index in [-0.39, 0.29) is 23.7 Å². The van der Waals surface area contributed by atoms with Gasteiger partial charge >= 0.3 is 0 Å². The number of nitrogens with one attached hydrogen (secondary N) is 1. The molecule has 1 aliphatic heterocycles. The summed E-state index contributed by atoms with van der Waals surface area (Å²) in [7, 11) is 1.65. The number of rotatable bonds is 9. The van der Waals surface area contributed by atoms with Gasteiger partial charge in [-0.1, -0.05) is 26.0 Å². The van der Waals surface area contributed by atoms with E-state index in [2.05, 4.69) is 15.2 Å². The maximum absolute atomic E-state index is 15.0. The number of carbonyl (C=O) groups excluding carboxylic acids is 1. The lowest BCUT2D eigenvalue weighted by Gasteiger charge is -2.39. The molecule has 186 valence electrons. The predicted molar refractivity (Wildman–Crippen MR) is 134 cm³/mol. The molecule has 1 fully saturated rings. The minimum absolute atomic E-state index is 0.0619. The van der Waals surface area contributed by atoms with Crippen LogP contribution in [0.3, 0.4) is 0 Å². The molecule has 4 rings (SSSR count). The molecule has 2 aromatic carbocycles. The lowest BCUT2D eigenvalue weighted by Crippen LogP contribution is -2.48. The summed E-state index contributed by atoms with van der Waals surface area (Å²) in [4.78, 5) is 21.1. The zero-order valence-corrected chi connectivity index (χ0v) is 20.5. The van der Waals surface area contributed by atoms with Crippen LogP contribution in [-0.4, -0.2) is 49.1 Å². The van der Waals surface area contributed by atoms with Crippen molar-refractivity contribution in [1.29, 1.82) is 0 Å². The summed E-state index contributed by atoms with van der Waals surface area (Å²) >= 11 is 0. The smallest absolute Gasteiger partial charge is 0.227 e. The van der Waals surface area contributed by atoms with Crippen molar-refractivity contribution in [3.8, 4) is 5.75 Å². The Bertz CT molecular complexity index is 1090. The van der Waals surface area contributed by atoms with Crippen molar-refractivity contribution in [3.05, 3.63) is 72.2 Å². The third kappa shape index (κ3) is 5.65. The second-order valence-corrected chi connectivity index (χ2v) is 8.74. The molecule has 1 aromatic heterocycles. The molecule has 1 saturated heterocycles. The zero-order valence-electron chi connectivity index (χ0n) is 20.5. The van der Waals surface area contributed by atoms with Crippen LogP contribution in [0.15, 0.2) is 59.3 Å². The molecule has 2 heterocycles. The predicted octanol–water partition coefficient (Wildman–Crippen LogP) is 5.11. The second kappa shape index (κ2) is 11.4. The van der Waals surface area contributed by atoms with Crippen molar-refractivity contribution in [2.24, 2.45) is 5.92 Å². The average Bonchev–Trinajstić information content (AvgIpc) is 3.40. The highest BCUT2D eigenvalue weighted by atomic mass is 19.1. The maximum Gasteiger partial charge on any atom is 0.227 e. The molecule has 0 radical (unpaired) electrons. The molecule has 1 unspecified atom stereocenters. The fourth-order valence-corrected chi connectivity index (χ4v) is 4.63. The molecule has 8 heteroatoms. The standard InChI is InChI=1S/C27H33FN4O3/c1-4-19(5-2)26(33)30-21-8-11-24(23(28)18-21)31-13-15-32(16-14-31)25(27-29-12-17-35-27)20-6-9-22(34-3)10-7-20/h6-12,17-19,25H,4-5,13-16H2,1-3H3,(H,30,33). The number of aromatic nitrogens is 1. The number of ether oxygens (including phenoxy) is 1. The number of halogens is 1. The lowest BCUT2D eigenvalue weighted by atomic mass is 10.0. The first-order valence-electron chi connectivity index (χ1n) is 12.2. The Kier molecular flexibility index (Phi) is 8.02. The van der Waals surface area contributed by atoms with Crippen LogP contribution in [0.1, 0.15) is 44.2 Å². The van der Waals surface area contributed by atoms with Gasteiger partial charge in [-0.25, -0.2) is 9.37 Å². The van der Waals surface area contributed by atoms with E-state index in [1.54, 1.807) is 31.7 Å². The van der Waals surface area contributed by atoms with E-state index in [0.717, 1.165) is 24.2 Å². The van der Waals surface area contributed by atoms with Gasteiger partial charge in [-0.2, -0.15) is 0 Å². The number of anilines is 2. The third-order valence-corrected chi connectivity index (χ3v) is 6.71. The highest BCUT2D eigenvalue weighted by molar-refractivity contribution is 5.92. The van der Waals surface area contributed by atoms with Gasteiger partial charge in [0.05, 0.1) is 19.0 Å². The summed E-state index contributed by atoms with van der Waals surface area (Å²) in [5, 5.41) is 2.85. The highest BCUT2D eigenvalue weighted by Crippen LogP contribution is 2.31. The molecule has 1 aliphatic rings. The quantitative estimate of drug-likeness (QED) is 0.459. The van der Waals surface area contributed by atoms with Gasteiger partial charge in [0.2, 0.25) is 11.8 Å². The Labute approximate surface area is 205 Å². The number of benzene rings is 2. The van der Waals surface area contributed by atoms with Crippen LogP contribution in [0.2, 0.25) is 0 Å². The second-order valence-electron chi connectivity index (χ2n) is 8.74. The van der Waals surface area contributed by atoms with Crippen LogP contribution in [-0.2, 0) is 4.79 Å². The van der Waals surface area contributed by atoms with E-state index >= 15 is 4.39 Å². The molecule has 0 bridgehead atoms. The van der Waals surface area contributed by atoms with Gasteiger partial charge in [0, 0.05) is 37.8 Å². The molecular formula is C27H33FN4O3. The molecule has 0 aliphatic carbocycles. The van der Waals surface area contributed by atoms with Crippen molar-refractivity contribution in [3.63, 3.8) is 0 Å². The van der Waals surface area contributed by atoms with Crippen molar-refractivity contribution >= 4 is 17.3 Å². The van der Waals surface area contributed by atoms with Crippen LogP contribution in [0.5, 0.6) is 5.75 Å². The number of amides is 1. The fourth-order valence-electron chi connectivity index (χ4n) is 4.63. The van der Waals surface area contributed by atoms with Gasteiger partial charge in [0.25, 0.3) is 0 Å². The minimum atomic E-state index is -0.333. The topological polar surface area (TPSA) is 70.8 Å². The summed E-state index contributed by atoms with van der Waals surface area (Å²) in [6.07, 6.45) is 4.76. The van der Waals surface area contributed by atoms with E-state index in [1.807, 2.05) is 43.0 Å². The number of piperazine rings is 1. The number of oxazole rings is 1. The van der Waals surface area contributed by atoms with Gasteiger partial charge in [0.15, 0.2) is 0 Å². The Morgan fingerprint density at radius 2 is 1.83 bits per heavy atom. The Morgan fingerprint density at radius 3 is 2.40 bits per heavy atom. The highest BCUT2D eigenvalue weighted by Gasteiger charge is 2.30. The van der Waals surface area contributed by atoms with Crippen LogP contribution in [0, 0.1) is 11.7 Å². The Morgan fingerprint density at radius 1 is 1.11 bits per heavy atom. The van der Waals surface area contributed by atoms with Crippen LogP contribution >= 0.6 is 0 Å². The Hall–Kier alpha value is -3.39. The molecule has 35 heavy (non-hydrogen) atoms. The summed E-state index contributed by atoms with van der Waals surface area (Å²) in [5.74, 6) is 0.965. The van der Waals surface area contributed by atoms with E-state index in [4.69, 9.17) is 9.15 Å². The average molecular weight is 481 g/mol. The van der Waals surface area contributed by atoms with E-state index < -0.39 is 0 Å². The molecule has 0 saturated carbocycles. The van der Waals surface area contributed by atoms with Crippen LogP contribution < -0.4 is 15.0 Å². The third-order valence-electron chi connectivity index (χ3n) is 6.71. The van der Waals surface area contributed by atoms with Gasteiger partial charge in [-0.15, -0.1) is 0 Å². The number of carbonyl (C=O) groups is 1. The molecule has 3 aromatic rings. The maximum atomic E-state index is 15.0. The molecule has 1 atom stereocenters. The van der Waals surface area contributed by atoms with Gasteiger partial charge in [0.1, 0.15) is 23.9 Å². The summed E-state index contributed by atoms with van der Waals surface area (Å²) < 4.78 is 26.0. The first kappa shape index (κ1) is 24.7. The minimum Gasteiger partial charge on any atom is -0.497 e. The molecular weight excluding hydrogens is 447 g/mol. The first-order valence-corrected chi connectivity index (χ1v) is 12.2. The Balaban J connectivity index is 1.44. The normalized spacial score (nSPS) is 15.3. The molecule has 1 N–H and O–H groups in total. The number of methoxy groups -OCH3 is 1. The largest absolute Gasteiger partial charge is 0.497 e. The number of nitrogens with zero attached hydrogens (tertiary/aromatic N) is 3. The molecule has 0 spiro atoms. The van der Waals surface area contributed by atoms with Gasteiger partial charge in [-0.3, -0.25) is 9.69 Å². The van der Waals surface area contributed by atoms with E-state index in [0.29, 0.717) is 43.4 Å². The van der Waals surface area contributed by atoms with E-state index in [9.17, 15) is 4.79 Å². The van der Waals surface area contributed by atoms with Crippen molar-refractivity contribution in [1.82, 2.24) is 9.88 Å². The number of hydrogen-bond acceptors (Lipinski definition) is 6. The lowest BCUT2D eigenvalue weighted by molar-refractivity contribution is -0.120. The summed E-state index contributed by atoms with van der Waals surface area (Å²) in [6.45, 7) is 6.71. The SMILES string of the molecule is CCC(CC)C(=O)Nc1ccc(N2CCN(C(c3ccc(OC)cc3)c3ncco3)CC2)c(F)c1. The van der Waals surface area contributed by atoms with E-state index in [1.165, 1.54) is 6.07 Å². The number of hydrogen-bond donors (Lipinski definition) is 1. The monoisotopic (exact) mass is 480 g/mol.